The summed E-state index contributed by atoms with van der Waals surface area (Å²) in [7, 11) is 4.53. The van der Waals surface area contributed by atoms with Gasteiger partial charge in [0.1, 0.15) is 0 Å². The van der Waals surface area contributed by atoms with Crippen molar-refractivity contribution < 1.29 is 0 Å². The molecule has 0 N–H and O–H groups in total. The average molecular weight is 657 g/mol. The standard InChI is InChI=1S/2C18H40N4.2CH4/c1-7-20-11-9-19(6)10-12-21(8-2)14-16-22(15-13-20)18(5)17(3)4;1-7-20-12-10-19(6)11-13-21(8-2)16-18(17(4)5)22(9-3)15-14-20;;/h2*17-18H,7-16H2,1-6H3;2*1H4. The van der Waals surface area contributed by atoms with Crippen LogP contribution in [0.25, 0.3) is 0 Å². The van der Waals surface area contributed by atoms with Crippen molar-refractivity contribution in [2.45, 2.75) is 96.2 Å². The molecule has 2 aliphatic rings. The molecule has 2 atom stereocenters. The molecule has 2 saturated heterocycles. The second-order valence-electron chi connectivity index (χ2n) is 14.3. The van der Waals surface area contributed by atoms with E-state index in [4.69, 9.17) is 0 Å². The zero-order chi connectivity index (χ0) is 33.1. The second-order valence-corrected chi connectivity index (χ2v) is 14.3. The molecule has 0 amide bonds. The van der Waals surface area contributed by atoms with E-state index in [0.717, 1.165) is 19.0 Å². The topological polar surface area (TPSA) is 25.9 Å². The van der Waals surface area contributed by atoms with E-state index in [0.29, 0.717) is 18.0 Å². The second kappa shape index (κ2) is 27.5. The molecule has 8 heteroatoms. The van der Waals surface area contributed by atoms with E-state index in [1.807, 2.05) is 0 Å². The minimum Gasteiger partial charge on any atom is -0.304 e. The summed E-state index contributed by atoms with van der Waals surface area (Å²) in [5, 5.41) is 0. The van der Waals surface area contributed by atoms with Crippen LogP contribution in [0.5, 0.6) is 0 Å². The highest BCUT2D eigenvalue weighted by Gasteiger charge is 2.24. The Bertz CT molecular complexity index is 638. The monoisotopic (exact) mass is 657 g/mol. The molecule has 280 valence electrons. The molecule has 0 aliphatic carbocycles. The van der Waals surface area contributed by atoms with Crippen molar-refractivity contribution in [3.8, 4) is 0 Å². The van der Waals surface area contributed by atoms with Gasteiger partial charge in [-0.05, 0) is 65.6 Å². The fourth-order valence-electron chi connectivity index (χ4n) is 6.46. The smallest absolute Gasteiger partial charge is 0.0246 e. The van der Waals surface area contributed by atoms with Crippen LogP contribution in [0.3, 0.4) is 0 Å². The molecule has 2 rings (SSSR count). The normalized spacial score (nSPS) is 24.0. The number of hydrogen-bond acceptors (Lipinski definition) is 8. The van der Waals surface area contributed by atoms with E-state index < -0.39 is 0 Å². The first kappa shape index (κ1) is 47.8. The van der Waals surface area contributed by atoms with Gasteiger partial charge in [0.2, 0.25) is 0 Å². The molecule has 2 aliphatic heterocycles. The molecule has 46 heavy (non-hydrogen) atoms. The summed E-state index contributed by atoms with van der Waals surface area (Å²) in [5.74, 6) is 1.44. The first-order valence-electron chi connectivity index (χ1n) is 18.7. The fourth-order valence-corrected chi connectivity index (χ4v) is 6.46. The molecule has 0 spiro atoms. The van der Waals surface area contributed by atoms with Gasteiger partial charge in [0, 0.05) is 110 Å². The summed E-state index contributed by atoms with van der Waals surface area (Å²) in [6, 6.07) is 1.34. The predicted molar refractivity (Wildman–Crippen MR) is 209 cm³/mol. The number of rotatable bonds is 8. The summed E-state index contributed by atoms with van der Waals surface area (Å²) in [6.45, 7) is 47.2. The summed E-state index contributed by atoms with van der Waals surface area (Å²) < 4.78 is 0. The Kier molecular flexibility index (Phi) is 28.6. The molecule has 0 aromatic heterocycles. The molecule has 0 radical (unpaired) electrons. The Balaban J connectivity index is 0. The third-order valence-corrected chi connectivity index (χ3v) is 10.7. The third-order valence-electron chi connectivity index (χ3n) is 10.7. The maximum absolute atomic E-state index is 2.71. The molecule has 2 unspecified atom stereocenters. The molecule has 2 fully saturated rings. The summed E-state index contributed by atoms with van der Waals surface area (Å²) >= 11 is 0. The fraction of sp³-hybridized carbons (Fsp3) is 1.00. The predicted octanol–water partition coefficient (Wildman–Crippen LogP) is 5.12. The van der Waals surface area contributed by atoms with E-state index >= 15 is 0 Å². The number of hydrogen-bond donors (Lipinski definition) is 0. The van der Waals surface area contributed by atoms with Gasteiger partial charge in [-0.25, -0.2) is 0 Å². The van der Waals surface area contributed by atoms with Crippen LogP contribution in [0.2, 0.25) is 0 Å². The van der Waals surface area contributed by atoms with Gasteiger partial charge in [0.25, 0.3) is 0 Å². The summed E-state index contributed by atoms with van der Waals surface area (Å²) in [4.78, 5) is 20.9. The number of likely N-dealkylation sites (N-methyl/N-ethyl adjacent to an activating group) is 7. The molecule has 0 bridgehead atoms. The Morgan fingerprint density at radius 2 is 0.804 bits per heavy atom. The van der Waals surface area contributed by atoms with Crippen molar-refractivity contribution in [3.05, 3.63) is 0 Å². The van der Waals surface area contributed by atoms with E-state index in [1.54, 1.807) is 0 Å². The first-order valence-corrected chi connectivity index (χ1v) is 18.7. The molecular formula is C38H88N8. The van der Waals surface area contributed by atoms with Gasteiger partial charge in [0.05, 0.1) is 0 Å². The third kappa shape index (κ3) is 19.0. The van der Waals surface area contributed by atoms with Crippen molar-refractivity contribution in [1.82, 2.24) is 39.2 Å². The van der Waals surface area contributed by atoms with Crippen LogP contribution in [0, 0.1) is 11.8 Å². The zero-order valence-electron chi connectivity index (χ0n) is 32.0. The van der Waals surface area contributed by atoms with E-state index in [-0.39, 0.29) is 14.9 Å². The van der Waals surface area contributed by atoms with E-state index in [1.165, 1.54) is 118 Å². The SMILES string of the molecule is C.C.CCN1CCN(C)CCN(CC)CC(C(C)C)N(CC)CC1.CCN1CCN(C)CCN(CC)CCN(C(C)C(C)C)CC1. The number of nitrogens with zero attached hydrogens (tertiary/aromatic N) is 8. The maximum atomic E-state index is 2.71. The quantitative estimate of drug-likeness (QED) is 0.356. The van der Waals surface area contributed by atoms with Gasteiger partial charge in [-0.15, -0.1) is 0 Å². The Hall–Kier alpha value is -0.320. The van der Waals surface area contributed by atoms with Crippen LogP contribution in [-0.4, -0.2) is 196 Å². The zero-order valence-corrected chi connectivity index (χ0v) is 32.0. The summed E-state index contributed by atoms with van der Waals surface area (Å²) in [6.07, 6.45) is 0. The minimum absolute atomic E-state index is 0. The van der Waals surface area contributed by atoms with Crippen molar-refractivity contribution >= 4 is 0 Å². The molecule has 8 nitrogen and oxygen atoms in total. The van der Waals surface area contributed by atoms with Crippen molar-refractivity contribution in [2.75, 3.05) is 145 Å². The van der Waals surface area contributed by atoms with E-state index in [2.05, 4.69) is 123 Å². The van der Waals surface area contributed by atoms with Gasteiger partial charge >= 0.3 is 0 Å². The van der Waals surface area contributed by atoms with Crippen LogP contribution >= 0.6 is 0 Å². The van der Waals surface area contributed by atoms with Gasteiger partial charge < -0.3 is 29.4 Å². The van der Waals surface area contributed by atoms with Gasteiger partial charge in [-0.3, -0.25) is 9.80 Å². The lowest BCUT2D eigenvalue weighted by molar-refractivity contribution is 0.0866. The largest absolute Gasteiger partial charge is 0.304 e. The van der Waals surface area contributed by atoms with Crippen LogP contribution in [0.4, 0.5) is 0 Å². The molecule has 0 saturated carbocycles. The lowest BCUT2D eigenvalue weighted by Crippen LogP contribution is -2.51. The van der Waals surface area contributed by atoms with Crippen molar-refractivity contribution in [1.29, 1.82) is 0 Å². The summed E-state index contributed by atoms with van der Waals surface area (Å²) in [5.41, 5.74) is 0. The average Bonchev–Trinajstić information content (AvgIpc) is 3.00. The Labute approximate surface area is 291 Å². The van der Waals surface area contributed by atoms with Crippen LogP contribution < -0.4 is 0 Å². The van der Waals surface area contributed by atoms with Crippen molar-refractivity contribution in [3.63, 3.8) is 0 Å². The highest BCUT2D eigenvalue weighted by molar-refractivity contribution is 4.80. The van der Waals surface area contributed by atoms with Crippen LogP contribution in [0.15, 0.2) is 0 Å². The molecule has 0 aromatic carbocycles. The highest BCUT2D eigenvalue weighted by Crippen LogP contribution is 2.14. The molecule has 0 aromatic rings. The van der Waals surface area contributed by atoms with E-state index in [9.17, 15) is 0 Å². The maximum Gasteiger partial charge on any atom is 0.0246 e. The Morgan fingerprint density at radius 1 is 0.457 bits per heavy atom. The first-order chi connectivity index (χ1) is 21.0. The highest BCUT2D eigenvalue weighted by atomic mass is 15.3. The lowest BCUT2D eigenvalue weighted by atomic mass is 10.0. The van der Waals surface area contributed by atoms with Crippen LogP contribution in [0.1, 0.15) is 84.1 Å². The lowest BCUT2D eigenvalue weighted by Gasteiger charge is -2.39. The minimum atomic E-state index is 0. The molecule has 2 heterocycles. The van der Waals surface area contributed by atoms with Crippen LogP contribution in [-0.2, 0) is 0 Å². The Morgan fingerprint density at radius 3 is 1.13 bits per heavy atom. The van der Waals surface area contributed by atoms with Gasteiger partial charge in [0.15, 0.2) is 0 Å². The van der Waals surface area contributed by atoms with Gasteiger partial charge in [-0.2, -0.15) is 0 Å². The van der Waals surface area contributed by atoms with Gasteiger partial charge in [-0.1, -0.05) is 77.2 Å². The molecular weight excluding hydrogens is 568 g/mol. The van der Waals surface area contributed by atoms with Crippen molar-refractivity contribution in [2.24, 2.45) is 11.8 Å².